The van der Waals surface area contributed by atoms with E-state index >= 15 is 0 Å². The first-order valence-electron chi connectivity index (χ1n) is 9.47. The zero-order chi connectivity index (χ0) is 20.0. The van der Waals surface area contributed by atoms with Crippen LogP contribution in [0.25, 0.3) is 21.8 Å². The number of aromatic nitrogens is 4. The molecule has 0 unspecified atom stereocenters. The van der Waals surface area contributed by atoms with Gasteiger partial charge in [-0.1, -0.05) is 0 Å². The summed E-state index contributed by atoms with van der Waals surface area (Å²) in [7, 11) is 1.89. The molecule has 8 nitrogen and oxygen atoms in total. The van der Waals surface area contributed by atoms with E-state index in [1.165, 1.54) is 0 Å². The highest BCUT2D eigenvalue weighted by Gasteiger charge is 2.23. The highest BCUT2D eigenvalue weighted by molar-refractivity contribution is 5.99. The fourth-order valence-electron chi connectivity index (χ4n) is 3.77. The monoisotopic (exact) mass is 389 g/mol. The number of aryl methyl sites for hydroxylation is 1. The molecule has 146 valence electrons. The largest absolute Gasteiger partial charge is 0.493 e. The highest BCUT2D eigenvalue weighted by Crippen LogP contribution is 2.29. The molecule has 1 N–H and O–H groups in total. The van der Waals surface area contributed by atoms with Crippen molar-refractivity contribution in [2.75, 3.05) is 13.1 Å². The molecule has 0 saturated carbocycles. The second-order valence-corrected chi connectivity index (χ2v) is 7.13. The number of carbonyl (C=O) groups is 1. The van der Waals surface area contributed by atoms with Gasteiger partial charge in [0.2, 0.25) is 5.88 Å². The average molecular weight is 389 g/mol. The molecular weight excluding hydrogens is 370 g/mol. The quantitative estimate of drug-likeness (QED) is 0.578. The molecule has 1 aromatic carbocycles. The van der Waals surface area contributed by atoms with Crippen molar-refractivity contribution >= 4 is 27.7 Å². The Hall–Kier alpha value is -3.68. The molecule has 29 heavy (non-hydrogen) atoms. The summed E-state index contributed by atoms with van der Waals surface area (Å²) >= 11 is 0. The molecule has 1 fully saturated rings. The summed E-state index contributed by atoms with van der Waals surface area (Å²) < 4.78 is 7.68. The van der Waals surface area contributed by atoms with Gasteiger partial charge in [0.15, 0.2) is 0 Å². The SMILES string of the molecule is Cn1c(C(=O)N2CCCC2)cc2cc(Oc3nc(O)c4ccncc4n3)ccc21. The maximum atomic E-state index is 12.8. The zero-order valence-electron chi connectivity index (χ0n) is 15.9. The normalized spacial score (nSPS) is 14.0. The van der Waals surface area contributed by atoms with Gasteiger partial charge in [-0.2, -0.15) is 9.97 Å². The van der Waals surface area contributed by atoms with Crippen LogP contribution in [0.15, 0.2) is 42.7 Å². The van der Waals surface area contributed by atoms with Gasteiger partial charge in [-0.15, -0.1) is 0 Å². The van der Waals surface area contributed by atoms with E-state index in [0.29, 0.717) is 22.3 Å². The summed E-state index contributed by atoms with van der Waals surface area (Å²) in [5.41, 5.74) is 2.09. The third-order valence-electron chi connectivity index (χ3n) is 5.29. The molecule has 0 radical (unpaired) electrons. The number of ether oxygens (including phenoxy) is 1. The van der Waals surface area contributed by atoms with Gasteiger partial charge in [0.05, 0.1) is 17.1 Å². The summed E-state index contributed by atoms with van der Waals surface area (Å²) in [6.07, 6.45) is 5.22. The first kappa shape index (κ1) is 17.4. The van der Waals surface area contributed by atoms with Crippen molar-refractivity contribution in [1.82, 2.24) is 24.4 Å². The van der Waals surface area contributed by atoms with E-state index in [1.54, 1.807) is 24.5 Å². The standard InChI is InChI=1S/C21H19N5O3/c1-25-17-5-4-14(10-13(17)11-18(25)20(28)26-8-2-3-9-26)29-21-23-16-12-22-7-6-15(16)19(27)24-21/h4-7,10-12H,2-3,8-9H2,1H3,(H,23,24,27). The summed E-state index contributed by atoms with van der Waals surface area (Å²) in [4.78, 5) is 27.0. The molecule has 5 rings (SSSR count). The predicted octanol–water partition coefficient (Wildman–Crippen LogP) is 3.25. The Morgan fingerprint density at radius 3 is 2.79 bits per heavy atom. The highest BCUT2D eigenvalue weighted by atomic mass is 16.5. The number of amides is 1. The van der Waals surface area contributed by atoms with Crippen LogP contribution < -0.4 is 4.74 Å². The lowest BCUT2D eigenvalue weighted by atomic mass is 10.2. The molecule has 1 saturated heterocycles. The Bertz CT molecular complexity index is 1240. The fraction of sp³-hybridized carbons (Fsp3) is 0.238. The lowest BCUT2D eigenvalue weighted by Gasteiger charge is -2.15. The van der Waals surface area contributed by atoms with Crippen molar-refractivity contribution in [3.63, 3.8) is 0 Å². The maximum Gasteiger partial charge on any atom is 0.325 e. The third-order valence-corrected chi connectivity index (χ3v) is 5.29. The van der Waals surface area contributed by atoms with Crippen LogP contribution in [0.1, 0.15) is 23.3 Å². The van der Waals surface area contributed by atoms with E-state index in [1.807, 2.05) is 34.7 Å². The predicted molar refractivity (Wildman–Crippen MR) is 107 cm³/mol. The summed E-state index contributed by atoms with van der Waals surface area (Å²) in [6, 6.07) is 9.08. The molecule has 0 atom stereocenters. The van der Waals surface area contributed by atoms with E-state index in [2.05, 4.69) is 15.0 Å². The van der Waals surface area contributed by atoms with Gasteiger partial charge in [0.1, 0.15) is 11.4 Å². The van der Waals surface area contributed by atoms with E-state index in [4.69, 9.17) is 4.74 Å². The molecule has 0 aliphatic carbocycles. The summed E-state index contributed by atoms with van der Waals surface area (Å²) in [5.74, 6) is 0.413. The average Bonchev–Trinajstić information content (AvgIpc) is 3.36. The van der Waals surface area contributed by atoms with Gasteiger partial charge in [0, 0.05) is 37.2 Å². The summed E-state index contributed by atoms with van der Waals surface area (Å²) in [6.45, 7) is 1.62. The van der Waals surface area contributed by atoms with Gasteiger partial charge in [0.25, 0.3) is 5.91 Å². The van der Waals surface area contributed by atoms with Crippen LogP contribution in [0.5, 0.6) is 17.6 Å². The number of fused-ring (bicyclic) bond motifs is 2. The Kier molecular flexibility index (Phi) is 4.04. The summed E-state index contributed by atoms with van der Waals surface area (Å²) in [5, 5.41) is 11.5. The molecule has 4 aromatic rings. The van der Waals surface area contributed by atoms with E-state index in [-0.39, 0.29) is 17.8 Å². The number of aromatic hydroxyl groups is 1. The van der Waals surface area contributed by atoms with Crippen molar-refractivity contribution in [2.24, 2.45) is 7.05 Å². The van der Waals surface area contributed by atoms with Crippen molar-refractivity contribution < 1.29 is 14.6 Å². The topological polar surface area (TPSA) is 93.4 Å². The Morgan fingerprint density at radius 1 is 1.14 bits per heavy atom. The van der Waals surface area contributed by atoms with Crippen LogP contribution in [-0.4, -0.2) is 48.5 Å². The van der Waals surface area contributed by atoms with Gasteiger partial charge < -0.3 is 19.3 Å². The minimum absolute atomic E-state index is 0.0339. The van der Waals surface area contributed by atoms with Crippen molar-refractivity contribution in [2.45, 2.75) is 12.8 Å². The first-order chi connectivity index (χ1) is 14.1. The minimum atomic E-state index is -0.160. The lowest BCUT2D eigenvalue weighted by Crippen LogP contribution is -2.29. The molecule has 1 aliphatic heterocycles. The minimum Gasteiger partial charge on any atom is -0.493 e. The Labute approximate surface area is 166 Å². The number of hydrogen-bond acceptors (Lipinski definition) is 6. The van der Waals surface area contributed by atoms with E-state index < -0.39 is 0 Å². The number of rotatable bonds is 3. The van der Waals surface area contributed by atoms with Crippen molar-refractivity contribution in [3.05, 3.63) is 48.4 Å². The maximum absolute atomic E-state index is 12.8. The van der Waals surface area contributed by atoms with Gasteiger partial charge in [-0.25, -0.2) is 0 Å². The lowest BCUT2D eigenvalue weighted by molar-refractivity contribution is 0.0784. The molecule has 8 heteroatoms. The second kappa shape index (κ2) is 6.73. The van der Waals surface area contributed by atoms with E-state index in [9.17, 15) is 9.90 Å². The van der Waals surface area contributed by atoms with Crippen LogP contribution in [0.3, 0.4) is 0 Å². The molecule has 3 aromatic heterocycles. The number of likely N-dealkylation sites (tertiary alicyclic amines) is 1. The van der Waals surface area contributed by atoms with Crippen LogP contribution in [0.2, 0.25) is 0 Å². The molecule has 1 amide bonds. The number of pyridine rings is 1. The molecule has 1 aliphatic rings. The van der Waals surface area contributed by atoms with Crippen LogP contribution in [-0.2, 0) is 7.05 Å². The van der Waals surface area contributed by atoms with E-state index in [0.717, 1.165) is 36.8 Å². The molecule has 0 spiro atoms. The first-order valence-corrected chi connectivity index (χ1v) is 9.47. The number of carbonyl (C=O) groups excluding carboxylic acids is 1. The Balaban J connectivity index is 1.48. The second-order valence-electron chi connectivity index (χ2n) is 7.13. The molecular formula is C21H19N5O3. The van der Waals surface area contributed by atoms with Gasteiger partial charge >= 0.3 is 6.01 Å². The molecule has 4 heterocycles. The van der Waals surface area contributed by atoms with Crippen LogP contribution in [0, 0.1) is 0 Å². The fourth-order valence-corrected chi connectivity index (χ4v) is 3.77. The third kappa shape index (κ3) is 3.02. The van der Waals surface area contributed by atoms with Crippen LogP contribution >= 0.6 is 0 Å². The van der Waals surface area contributed by atoms with Crippen LogP contribution in [0.4, 0.5) is 0 Å². The van der Waals surface area contributed by atoms with Gasteiger partial charge in [-0.3, -0.25) is 9.78 Å². The zero-order valence-corrected chi connectivity index (χ0v) is 15.9. The number of benzene rings is 1. The molecule has 0 bridgehead atoms. The number of hydrogen-bond donors (Lipinski definition) is 1. The van der Waals surface area contributed by atoms with Gasteiger partial charge in [-0.05, 0) is 43.2 Å². The van der Waals surface area contributed by atoms with Crippen molar-refractivity contribution in [1.29, 1.82) is 0 Å². The van der Waals surface area contributed by atoms with Crippen molar-refractivity contribution in [3.8, 4) is 17.6 Å². The Morgan fingerprint density at radius 2 is 1.97 bits per heavy atom. The smallest absolute Gasteiger partial charge is 0.325 e. The number of nitrogens with zero attached hydrogens (tertiary/aromatic N) is 5.